The first-order chi connectivity index (χ1) is 18.2. The van der Waals surface area contributed by atoms with Crippen LogP contribution in [0, 0.1) is 13.8 Å². The topological polar surface area (TPSA) is 140 Å². The number of hydrogen-bond acceptors (Lipinski definition) is 10. The van der Waals surface area contributed by atoms with Gasteiger partial charge in [0, 0.05) is 37.1 Å². The Morgan fingerprint density at radius 1 is 1.18 bits per heavy atom. The van der Waals surface area contributed by atoms with Gasteiger partial charge >= 0.3 is 0 Å². The molecular formula is C24H26N6O6S2. The van der Waals surface area contributed by atoms with Crippen LogP contribution in [0.1, 0.15) is 10.6 Å². The van der Waals surface area contributed by atoms with E-state index in [-0.39, 0.29) is 35.7 Å². The van der Waals surface area contributed by atoms with Gasteiger partial charge in [-0.05, 0) is 26.0 Å². The normalized spacial score (nSPS) is 14.7. The second-order valence-corrected chi connectivity index (χ2v) is 11.9. The molecule has 38 heavy (non-hydrogen) atoms. The van der Waals surface area contributed by atoms with E-state index in [1.165, 1.54) is 10.6 Å². The van der Waals surface area contributed by atoms with Crippen molar-refractivity contribution in [2.45, 2.75) is 25.3 Å². The summed E-state index contributed by atoms with van der Waals surface area (Å²) in [4.78, 5) is 33.0. The number of carbonyl (C=O) groups is 1. The number of ether oxygens (including phenoxy) is 1. The van der Waals surface area contributed by atoms with E-state index in [4.69, 9.17) is 9.26 Å². The summed E-state index contributed by atoms with van der Waals surface area (Å²) in [5.74, 6) is 0.938. The molecule has 0 aliphatic carbocycles. The average Bonchev–Trinajstić information content (AvgIpc) is 3.48. The van der Waals surface area contributed by atoms with Crippen molar-refractivity contribution < 1.29 is 22.5 Å². The summed E-state index contributed by atoms with van der Waals surface area (Å²) in [6.07, 6.45) is 1.25. The molecule has 1 aliphatic rings. The van der Waals surface area contributed by atoms with Crippen LogP contribution in [0.5, 0.6) is 5.75 Å². The van der Waals surface area contributed by atoms with Crippen molar-refractivity contribution in [3.05, 3.63) is 57.7 Å². The van der Waals surface area contributed by atoms with E-state index in [9.17, 15) is 18.0 Å². The Morgan fingerprint density at radius 3 is 2.61 bits per heavy atom. The minimum Gasteiger partial charge on any atom is -0.495 e. The zero-order valence-corrected chi connectivity index (χ0v) is 22.6. The van der Waals surface area contributed by atoms with Gasteiger partial charge in [0.15, 0.2) is 5.82 Å². The fourth-order valence-corrected chi connectivity index (χ4v) is 7.58. The van der Waals surface area contributed by atoms with Crippen LogP contribution in [0.25, 0.3) is 10.2 Å². The molecule has 1 amide bonds. The van der Waals surface area contributed by atoms with Crippen molar-refractivity contribution in [1.82, 2.24) is 19.0 Å². The molecule has 1 aliphatic heterocycles. The quantitative estimate of drug-likeness (QED) is 0.362. The molecule has 4 aromatic rings. The van der Waals surface area contributed by atoms with E-state index in [1.807, 2.05) is 24.3 Å². The Balaban J connectivity index is 1.40. The Hall–Kier alpha value is -3.75. The molecule has 12 nitrogen and oxygen atoms in total. The first-order valence-electron chi connectivity index (χ1n) is 11.8. The van der Waals surface area contributed by atoms with Crippen LogP contribution in [-0.2, 0) is 21.4 Å². The maximum absolute atomic E-state index is 13.8. The molecule has 0 radical (unpaired) electrons. The van der Waals surface area contributed by atoms with Crippen molar-refractivity contribution in [1.29, 1.82) is 0 Å². The molecule has 1 saturated heterocycles. The second kappa shape index (κ2) is 10.2. The number of aryl methyl sites for hydroxylation is 2. The number of fused-ring (bicyclic) bond motifs is 1. The zero-order chi connectivity index (χ0) is 27.0. The first-order valence-corrected chi connectivity index (χ1v) is 14.0. The van der Waals surface area contributed by atoms with Crippen LogP contribution in [0.3, 0.4) is 0 Å². The Kier molecular flexibility index (Phi) is 6.94. The highest BCUT2D eigenvalue weighted by atomic mass is 32.2. The van der Waals surface area contributed by atoms with E-state index in [0.717, 1.165) is 27.3 Å². The molecule has 5 rings (SSSR count). The minimum atomic E-state index is -4.00. The van der Waals surface area contributed by atoms with Gasteiger partial charge in [-0.2, -0.15) is 4.31 Å². The third-order valence-corrected chi connectivity index (χ3v) is 9.48. The van der Waals surface area contributed by atoms with E-state index >= 15 is 0 Å². The number of benzene rings is 1. The largest absolute Gasteiger partial charge is 0.495 e. The fourth-order valence-electron chi connectivity index (χ4n) is 4.49. The van der Waals surface area contributed by atoms with Crippen molar-refractivity contribution >= 4 is 49.0 Å². The number of rotatable bonds is 7. The lowest BCUT2D eigenvalue weighted by Gasteiger charge is -2.35. The van der Waals surface area contributed by atoms with Crippen molar-refractivity contribution in [2.75, 3.05) is 43.5 Å². The van der Waals surface area contributed by atoms with E-state index in [1.54, 1.807) is 27.0 Å². The maximum Gasteiger partial charge on any atom is 0.263 e. The maximum atomic E-state index is 13.8. The molecule has 0 spiro atoms. The van der Waals surface area contributed by atoms with Gasteiger partial charge in [-0.15, -0.1) is 11.3 Å². The number of amides is 1. The van der Waals surface area contributed by atoms with Gasteiger partial charge < -0.3 is 19.5 Å². The van der Waals surface area contributed by atoms with Crippen molar-refractivity contribution in [3.8, 4) is 5.75 Å². The molecular weight excluding hydrogens is 532 g/mol. The Labute approximate surface area is 222 Å². The highest BCUT2D eigenvalue weighted by molar-refractivity contribution is 7.89. The fraction of sp³-hybridized carbons (Fsp3) is 0.333. The molecule has 1 N–H and O–H groups in total. The number of methoxy groups -OCH3 is 1. The lowest BCUT2D eigenvalue weighted by Crippen LogP contribution is -2.49. The highest BCUT2D eigenvalue weighted by Crippen LogP contribution is 2.34. The number of sulfonamides is 1. The van der Waals surface area contributed by atoms with Gasteiger partial charge in [-0.1, -0.05) is 17.3 Å². The van der Waals surface area contributed by atoms with Crippen molar-refractivity contribution in [3.63, 3.8) is 0 Å². The SMILES string of the molecule is COc1ccccc1N1CCN(S(=O)(=O)c2c(C)sc3ncn(CC(=O)Nc4cc(C)on4)c(=O)c23)CC1. The number of piperazine rings is 1. The number of nitrogens with zero attached hydrogens (tertiary/aromatic N) is 5. The molecule has 3 aromatic heterocycles. The molecule has 1 fully saturated rings. The summed E-state index contributed by atoms with van der Waals surface area (Å²) in [7, 11) is -2.40. The number of thiophene rings is 1. The van der Waals surface area contributed by atoms with E-state index in [0.29, 0.717) is 28.6 Å². The zero-order valence-electron chi connectivity index (χ0n) is 21.0. The van der Waals surface area contributed by atoms with E-state index in [2.05, 4.69) is 20.4 Å². The summed E-state index contributed by atoms with van der Waals surface area (Å²) in [5, 5.41) is 6.24. The van der Waals surface area contributed by atoms with Gasteiger partial charge in [0.1, 0.15) is 27.8 Å². The van der Waals surface area contributed by atoms with Crippen molar-refractivity contribution in [2.24, 2.45) is 0 Å². The smallest absolute Gasteiger partial charge is 0.263 e. The van der Waals surface area contributed by atoms with Gasteiger partial charge in [-0.3, -0.25) is 14.2 Å². The lowest BCUT2D eigenvalue weighted by molar-refractivity contribution is -0.116. The summed E-state index contributed by atoms with van der Waals surface area (Å²) in [6, 6.07) is 9.14. The molecule has 0 unspecified atom stereocenters. The predicted octanol–water partition coefficient (Wildman–Crippen LogP) is 2.22. The summed E-state index contributed by atoms with van der Waals surface area (Å²) in [5.41, 5.74) is 0.299. The van der Waals surface area contributed by atoms with E-state index < -0.39 is 21.5 Å². The number of carbonyl (C=O) groups excluding carboxylic acids is 1. The number of aromatic nitrogens is 3. The number of hydrogen-bond donors (Lipinski definition) is 1. The third kappa shape index (κ3) is 4.77. The monoisotopic (exact) mass is 558 g/mol. The lowest BCUT2D eigenvalue weighted by atomic mass is 10.2. The standard InChI is InChI=1S/C24H26N6O6S2/c1-15-12-19(27-36-15)26-20(31)13-29-14-25-23-21(24(29)32)22(16(2)37-23)38(33,34)30-10-8-28(9-11-30)17-6-4-5-7-18(17)35-3/h4-7,12,14H,8-11,13H2,1-3H3,(H,26,27,31). The van der Waals surface area contributed by atoms with Crippen LogP contribution in [-0.4, -0.2) is 66.6 Å². The Bertz CT molecular complexity index is 1670. The van der Waals surface area contributed by atoms with Gasteiger partial charge in [0.25, 0.3) is 5.56 Å². The number of anilines is 2. The van der Waals surface area contributed by atoms with Gasteiger partial charge in [-0.25, -0.2) is 13.4 Å². The van der Waals surface area contributed by atoms with Gasteiger partial charge in [0.2, 0.25) is 15.9 Å². The summed E-state index contributed by atoms with van der Waals surface area (Å²) < 4.78 is 40.5. The van der Waals surface area contributed by atoms with Crippen LogP contribution in [0.2, 0.25) is 0 Å². The molecule has 0 atom stereocenters. The second-order valence-electron chi connectivity index (χ2n) is 8.78. The predicted molar refractivity (Wildman–Crippen MR) is 142 cm³/mol. The van der Waals surface area contributed by atoms with Crippen LogP contribution < -0.4 is 20.5 Å². The Morgan fingerprint density at radius 2 is 1.92 bits per heavy atom. The first kappa shape index (κ1) is 25.9. The highest BCUT2D eigenvalue weighted by Gasteiger charge is 2.34. The summed E-state index contributed by atoms with van der Waals surface area (Å²) in [6.45, 7) is 4.39. The third-order valence-electron chi connectivity index (χ3n) is 6.27. The minimum absolute atomic E-state index is 0.00719. The molecule has 0 saturated carbocycles. The average molecular weight is 559 g/mol. The number of para-hydroxylation sites is 2. The molecule has 200 valence electrons. The molecule has 4 heterocycles. The molecule has 1 aromatic carbocycles. The summed E-state index contributed by atoms with van der Waals surface area (Å²) >= 11 is 1.14. The molecule has 14 heteroatoms. The van der Waals surface area contributed by atoms with Gasteiger partial charge in [0.05, 0.1) is 24.5 Å². The van der Waals surface area contributed by atoms with Crippen LogP contribution >= 0.6 is 11.3 Å². The molecule has 0 bridgehead atoms. The number of nitrogens with one attached hydrogen (secondary N) is 1. The van der Waals surface area contributed by atoms with Crippen LogP contribution in [0.15, 0.2) is 50.9 Å². The van der Waals surface area contributed by atoms with Crippen LogP contribution in [0.4, 0.5) is 11.5 Å².